The lowest BCUT2D eigenvalue weighted by Crippen LogP contribution is -2.23. The fourth-order valence-corrected chi connectivity index (χ4v) is 2.38. The Labute approximate surface area is 97.6 Å². The van der Waals surface area contributed by atoms with Crippen LogP contribution in [0, 0.1) is 5.92 Å². The Bertz CT molecular complexity index is 332. The number of nitrogens with one attached hydrogen (secondary N) is 1. The molecule has 0 saturated carbocycles. The Morgan fingerprint density at radius 3 is 2.56 bits per heavy atom. The molecule has 1 aromatic rings. The van der Waals surface area contributed by atoms with Gasteiger partial charge in [-0.1, -0.05) is 12.1 Å². The van der Waals surface area contributed by atoms with E-state index in [4.69, 9.17) is 5.73 Å². The average molecular weight is 219 g/mol. The molecule has 0 aromatic heterocycles. The van der Waals surface area contributed by atoms with Gasteiger partial charge in [-0.3, -0.25) is 0 Å². The van der Waals surface area contributed by atoms with Crippen molar-refractivity contribution in [3.63, 3.8) is 0 Å². The first-order chi connectivity index (χ1) is 7.72. The van der Waals surface area contributed by atoms with Crippen LogP contribution in [0.4, 0.5) is 5.69 Å². The maximum Gasteiger partial charge on any atom is 0.0361 e. The van der Waals surface area contributed by atoms with Crippen molar-refractivity contribution in [2.75, 3.05) is 32.1 Å². The van der Waals surface area contributed by atoms with E-state index in [0.29, 0.717) is 12.0 Å². The number of nitrogens with two attached hydrogens (primary N) is 1. The normalized spacial score (nSPS) is 24.7. The summed E-state index contributed by atoms with van der Waals surface area (Å²) in [5.41, 5.74) is 8.39. The largest absolute Gasteiger partial charge is 0.378 e. The van der Waals surface area contributed by atoms with Gasteiger partial charge >= 0.3 is 0 Å². The second-order valence-corrected chi connectivity index (χ2v) is 4.70. The minimum Gasteiger partial charge on any atom is -0.378 e. The van der Waals surface area contributed by atoms with Crippen molar-refractivity contribution < 1.29 is 0 Å². The molecule has 0 radical (unpaired) electrons. The molecule has 2 unspecified atom stereocenters. The van der Waals surface area contributed by atoms with E-state index >= 15 is 0 Å². The van der Waals surface area contributed by atoms with Crippen molar-refractivity contribution in [2.24, 2.45) is 11.7 Å². The second-order valence-electron chi connectivity index (χ2n) is 4.70. The smallest absolute Gasteiger partial charge is 0.0361 e. The summed E-state index contributed by atoms with van der Waals surface area (Å²) in [6.07, 6.45) is 1.19. The molecule has 16 heavy (non-hydrogen) atoms. The van der Waals surface area contributed by atoms with Crippen LogP contribution in [-0.4, -0.2) is 27.2 Å². The van der Waals surface area contributed by atoms with Gasteiger partial charge in [-0.15, -0.1) is 0 Å². The van der Waals surface area contributed by atoms with Crippen molar-refractivity contribution in [3.8, 4) is 0 Å². The van der Waals surface area contributed by atoms with Gasteiger partial charge in [-0.25, -0.2) is 0 Å². The molecule has 1 saturated heterocycles. The number of nitrogens with zero attached hydrogens (tertiary/aromatic N) is 1. The Morgan fingerprint density at radius 2 is 2.00 bits per heavy atom. The molecule has 1 aliphatic rings. The van der Waals surface area contributed by atoms with Gasteiger partial charge in [-0.05, 0) is 43.1 Å². The molecule has 1 aromatic carbocycles. The standard InChI is InChI=1S/C13H21N3/c1-16(2)12-5-3-10(4-6-12)13-11(9-14)7-8-15-13/h3-6,11,13,15H,7-9,14H2,1-2H3. The van der Waals surface area contributed by atoms with Gasteiger partial charge in [0.15, 0.2) is 0 Å². The number of hydrogen-bond acceptors (Lipinski definition) is 3. The highest BCUT2D eigenvalue weighted by molar-refractivity contribution is 5.46. The van der Waals surface area contributed by atoms with Gasteiger partial charge in [-0.2, -0.15) is 0 Å². The molecule has 2 rings (SSSR count). The molecule has 3 nitrogen and oxygen atoms in total. The van der Waals surface area contributed by atoms with Crippen molar-refractivity contribution in [2.45, 2.75) is 12.5 Å². The van der Waals surface area contributed by atoms with Crippen molar-refractivity contribution in [3.05, 3.63) is 29.8 Å². The molecule has 1 fully saturated rings. The average Bonchev–Trinajstić information content (AvgIpc) is 2.77. The van der Waals surface area contributed by atoms with Crippen molar-refractivity contribution in [1.82, 2.24) is 5.32 Å². The van der Waals surface area contributed by atoms with E-state index in [1.54, 1.807) is 0 Å². The van der Waals surface area contributed by atoms with E-state index in [0.717, 1.165) is 13.1 Å². The van der Waals surface area contributed by atoms with Crippen LogP contribution in [0.5, 0.6) is 0 Å². The van der Waals surface area contributed by atoms with Crippen LogP contribution in [0.3, 0.4) is 0 Å². The molecule has 3 heteroatoms. The summed E-state index contributed by atoms with van der Waals surface area (Å²) < 4.78 is 0. The summed E-state index contributed by atoms with van der Waals surface area (Å²) in [5.74, 6) is 0.588. The van der Waals surface area contributed by atoms with Gasteiger partial charge < -0.3 is 16.0 Å². The zero-order valence-electron chi connectivity index (χ0n) is 10.1. The first-order valence-corrected chi connectivity index (χ1v) is 5.93. The lowest BCUT2D eigenvalue weighted by molar-refractivity contribution is 0.473. The highest BCUT2D eigenvalue weighted by Gasteiger charge is 2.26. The Kier molecular flexibility index (Phi) is 3.46. The lowest BCUT2D eigenvalue weighted by atomic mass is 9.94. The summed E-state index contributed by atoms with van der Waals surface area (Å²) in [4.78, 5) is 2.12. The van der Waals surface area contributed by atoms with Crippen LogP contribution in [0.2, 0.25) is 0 Å². The minimum absolute atomic E-state index is 0.446. The third kappa shape index (κ3) is 2.20. The Morgan fingerprint density at radius 1 is 1.31 bits per heavy atom. The summed E-state index contributed by atoms with van der Waals surface area (Å²) in [6.45, 7) is 1.86. The van der Waals surface area contributed by atoms with E-state index in [9.17, 15) is 0 Å². The second kappa shape index (κ2) is 4.85. The van der Waals surface area contributed by atoms with E-state index in [1.165, 1.54) is 17.7 Å². The molecule has 0 aliphatic carbocycles. The number of rotatable bonds is 3. The first kappa shape index (κ1) is 11.4. The van der Waals surface area contributed by atoms with Gasteiger partial charge in [0, 0.05) is 25.8 Å². The predicted molar refractivity (Wildman–Crippen MR) is 68.7 cm³/mol. The minimum atomic E-state index is 0.446. The highest BCUT2D eigenvalue weighted by atomic mass is 15.1. The van der Waals surface area contributed by atoms with Crippen LogP contribution in [-0.2, 0) is 0 Å². The monoisotopic (exact) mass is 219 g/mol. The zero-order valence-corrected chi connectivity index (χ0v) is 10.1. The van der Waals surface area contributed by atoms with Gasteiger partial charge in [0.05, 0.1) is 0 Å². The molecular formula is C13H21N3. The molecule has 1 aliphatic heterocycles. The van der Waals surface area contributed by atoms with E-state index in [2.05, 4.69) is 48.6 Å². The third-order valence-electron chi connectivity index (χ3n) is 3.42. The third-order valence-corrected chi connectivity index (χ3v) is 3.42. The van der Waals surface area contributed by atoms with E-state index < -0.39 is 0 Å². The molecule has 0 amide bonds. The van der Waals surface area contributed by atoms with Crippen LogP contribution in [0.15, 0.2) is 24.3 Å². The molecular weight excluding hydrogens is 198 g/mol. The van der Waals surface area contributed by atoms with E-state index in [-0.39, 0.29) is 0 Å². The summed E-state index contributed by atoms with van der Waals surface area (Å²) >= 11 is 0. The quantitative estimate of drug-likeness (QED) is 0.806. The lowest BCUT2D eigenvalue weighted by Gasteiger charge is -2.20. The maximum atomic E-state index is 5.79. The van der Waals surface area contributed by atoms with Crippen LogP contribution >= 0.6 is 0 Å². The van der Waals surface area contributed by atoms with Gasteiger partial charge in [0.25, 0.3) is 0 Å². The van der Waals surface area contributed by atoms with Crippen molar-refractivity contribution >= 4 is 5.69 Å². The topological polar surface area (TPSA) is 41.3 Å². The molecule has 2 atom stereocenters. The van der Waals surface area contributed by atoms with Crippen molar-refractivity contribution in [1.29, 1.82) is 0 Å². The summed E-state index contributed by atoms with van der Waals surface area (Å²) in [6, 6.07) is 9.20. The number of hydrogen-bond donors (Lipinski definition) is 2. The Balaban J connectivity index is 2.15. The summed E-state index contributed by atoms with van der Waals surface area (Å²) in [7, 11) is 4.12. The molecule has 88 valence electrons. The molecule has 3 N–H and O–H groups in total. The Hall–Kier alpha value is -1.06. The van der Waals surface area contributed by atoms with Crippen LogP contribution < -0.4 is 16.0 Å². The molecule has 1 heterocycles. The summed E-state index contributed by atoms with van der Waals surface area (Å²) in [5, 5.41) is 3.53. The molecule has 0 spiro atoms. The zero-order chi connectivity index (χ0) is 11.5. The fraction of sp³-hybridized carbons (Fsp3) is 0.538. The van der Waals surface area contributed by atoms with E-state index in [1.807, 2.05) is 0 Å². The first-order valence-electron chi connectivity index (χ1n) is 5.93. The number of anilines is 1. The maximum absolute atomic E-state index is 5.79. The SMILES string of the molecule is CN(C)c1ccc(C2NCCC2CN)cc1. The van der Waals surface area contributed by atoms with Crippen LogP contribution in [0.1, 0.15) is 18.0 Å². The highest BCUT2D eigenvalue weighted by Crippen LogP contribution is 2.29. The van der Waals surface area contributed by atoms with Crippen LogP contribution in [0.25, 0.3) is 0 Å². The fourth-order valence-electron chi connectivity index (χ4n) is 2.38. The number of benzene rings is 1. The van der Waals surface area contributed by atoms with Gasteiger partial charge in [0.2, 0.25) is 0 Å². The molecule has 0 bridgehead atoms. The predicted octanol–water partition coefficient (Wildman–Crippen LogP) is 1.36. The van der Waals surface area contributed by atoms with Gasteiger partial charge in [0.1, 0.15) is 0 Å².